The number of furan rings is 1. The standard InChI is InChI=1S/C19H18Cl2N4O5/c20-13-2-1-3-14(17(13)21)22-6-8-23(9-7-22)18(26)12-10-24(11-12)19(27)15-4-5-16(30-15)25(28)29/h1-5,12H,6-11H2. The number of likely N-dealkylation sites (tertiary alicyclic amines) is 1. The number of hydrogen-bond acceptors (Lipinski definition) is 6. The highest BCUT2D eigenvalue weighted by atomic mass is 35.5. The van der Waals surface area contributed by atoms with Crippen molar-refractivity contribution in [2.45, 2.75) is 0 Å². The van der Waals surface area contributed by atoms with Gasteiger partial charge >= 0.3 is 5.88 Å². The van der Waals surface area contributed by atoms with E-state index in [0.29, 0.717) is 36.2 Å². The lowest BCUT2D eigenvalue weighted by Gasteiger charge is -2.43. The summed E-state index contributed by atoms with van der Waals surface area (Å²) in [6.45, 7) is 2.92. The number of amides is 2. The molecule has 4 rings (SSSR count). The Morgan fingerprint density at radius 2 is 1.73 bits per heavy atom. The molecule has 2 aromatic rings. The second-order valence-electron chi connectivity index (χ2n) is 7.19. The highest BCUT2D eigenvalue weighted by Gasteiger charge is 2.40. The fourth-order valence-corrected chi connectivity index (χ4v) is 4.07. The minimum absolute atomic E-state index is 0.00122. The molecule has 158 valence electrons. The third-order valence-corrected chi connectivity index (χ3v) is 6.17. The molecule has 3 heterocycles. The number of halogens is 2. The highest BCUT2D eigenvalue weighted by molar-refractivity contribution is 6.43. The van der Waals surface area contributed by atoms with Crippen molar-refractivity contribution >= 4 is 46.6 Å². The summed E-state index contributed by atoms with van der Waals surface area (Å²) < 4.78 is 4.94. The topological polar surface area (TPSA) is 100 Å². The molecule has 1 aromatic carbocycles. The Morgan fingerprint density at radius 3 is 2.37 bits per heavy atom. The van der Waals surface area contributed by atoms with Crippen LogP contribution in [0.15, 0.2) is 34.7 Å². The van der Waals surface area contributed by atoms with Crippen LogP contribution in [0, 0.1) is 16.0 Å². The first-order valence-electron chi connectivity index (χ1n) is 9.36. The lowest BCUT2D eigenvalue weighted by atomic mass is 9.97. The molecule has 2 fully saturated rings. The van der Waals surface area contributed by atoms with E-state index < -0.39 is 16.7 Å². The van der Waals surface area contributed by atoms with E-state index in [-0.39, 0.29) is 30.7 Å². The molecular weight excluding hydrogens is 435 g/mol. The number of piperazine rings is 1. The largest absolute Gasteiger partial charge is 0.433 e. The van der Waals surface area contributed by atoms with Gasteiger partial charge in [0.2, 0.25) is 5.91 Å². The number of benzene rings is 1. The number of carbonyl (C=O) groups excluding carboxylic acids is 2. The first kappa shape index (κ1) is 20.5. The van der Waals surface area contributed by atoms with Gasteiger partial charge in [-0.3, -0.25) is 19.7 Å². The molecule has 2 amide bonds. The molecule has 2 aliphatic rings. The molecule has 0 aliphatic carbocycles. The lowest BCUT2D eigenvalue weighted by Crippen LogP contribution is -2.59. The van der Waals surface area contributed by atoms with E-state index in [2.05, 4.69) is 4.90 Å². The van der Waals surface area contributed by atoms with E-state index in [1.165, 1.54) is 11.0 Å². The molecule has 0 unspecified atom stereocenters. The second-order valence-corrected chi connectivity index (χ2v) is 7.97. The summed E-state index contributed by atoms with van der Waals surface area (Å²) in [7, 11) is 0. The summed E-state index contributed by atoms with van der Waals surface area (Å²) in [5, 5.41) is 11.7. The van der Waals surface area contributed by atoms with Gasteiger partial charge in [0.1, 0.15) is 4.92 Å². The summed E-state index contributed by atoms with van der Waals surface area (Å²) in [5.41, 5.74) is 0.851. The average Bonchev–Trinajstić information content (AvgIpc) is 3.20. The third-order valence-electron chi connectivity index (χ3n) is 5.36. The van der Waals surface area contributed by atoms with Crippen LogP contribution in [0.4, 0.5) is 11.6 Å². The predicted molar refractivity (Wildman–Crippen MR) is 110 cm³/mol. The van der Waals surface area contributed by atoms with Gasteiger partial charge < -0.3 is 19.1 Å². The van der Waals surface area contributed by atoms with Crippen molar-refractivity contribution in [3.8, 4) is 0 Å². The van der Waals surface area contributed by atoms with Crippen LogP contribution in [-0.2, 0) is 4.79 Å². The summed E-state index contributed by atoms with van der Waals surface area (Å²) >= 11 is 12.4. The van der Waals surface area contributed by atoms with E-state index in [0.717, 1.165) is 11.8 Å². The molecule has 0 atom stereocenters. The molecule has 0 N–H and O–H groups in total. The molecule has 0 spiro atoms. The van der Waals surface area contributed by atoms with E-state index >= 15 is 0 Å². The zero-order chi connectivity index (χ0) is 21.4. The molecule has 0 saturated carbocycles. The van der Waals surface area contributed by atoms with Crippen molar-refractivity contribution < 1.29 is 18.9 Å². The van der Waals surface area contributed by atoms with Gasteiger partial charge in [0, 0.05) is 39.3 Å². The van der Waals surface area contributed by atoms with Crippen LogP contribution < -0.4 is 4.90 Å². The SMILES string of the molecule is O=C(c1ccc([N+](=O)[O-])o1)N1CC(C(=O)N2CCN(c3cccc(Cl)c3Cl)CC2)C1. The van der Waals surface area contributed by atoms with Crippen LogP contribution in [0.2, 0.25) is 10.0 Å². The Bertz CT molecular complexity index is 997. The Labute approximate surface area is 181 Å². The normalized spacial score (nSPS) is 17.1. The van der Waals surface area contributed by atoms with Gasteiger partial charge in [0.25, 0.3) is 5.91 Å². The molecular formula is C19H18Cl2N4O5. The maximum absolute atomic E-state index is 12.8. The molecule has 11 heteroatoms. The summed E-state index contributed by atoms with van der Waals surface area (Å²) in [6, 6.07) is 7.89. The van der Waals surface area contributed by atoms with Gasteiger partial charge in [-0.2, -0.15) is 0 Å². The second kappa shape index (κ2) is 8.16. The summed E-state index contributed by atoms with van der Waals surface area (Å²) in [6.07, 6.45) is 0. The van der Waals surface area contributed by atoms with E-state index in [1.54, 1.807) is 11.0 Å². The predicted octanol–water partition coefficient (Wildman–Crippen LogP) is 2.92. The maximum atomic E-state index is 12.8. The number of nitrogens with zero attached hydrogens (tertiary/aromatic N) is 4. The Hall–Kier alpha value is -2.78. The van der Waals surface area contributed by atoms with Crippen molar-refractivity contribution in [1.29, 1.82) is 0 Å². The lowest BCUT2D eigenvalue weighted by molar-refractivity contribution is -0.402. The number of rotatable bonds is 4. The first-order valence-corrected chi connectivity index (χ1v) is 10.1. The van der Waals surface area contributed by atoms with Crippen LogP contribution in [-0.4, -0.2) is 65.8 Å². The molecule has 2 aliphatic heterocycles. The Kier molecular flexibility index (Phi) is 5.57. The van der Waals surface area contributed by atoms with Crippen LogP contribution in [0.5, 0.6) is 0 Å². The van der Waals surface area contributed by atoms with Crippen molar-refractivity contribution in [2.24, 2.45) is 5.92 Å². The molecule has 9 nitrogen and oxygen atoms in total. The van der Waals surface area contributed by atoms with E-state index in [1.807, 2.05) is 12.1 Å². The minimum Gasteiger partial charge on any atom is -0.395 e. The zero-order valence-electron chi connectivity index (χ0n) is 15.8. The summed E-state index contributed by atoms with van der Waals surface area (Å²) in [5.74, 6) is -1.31. The minimum atomic E-state index is -0.699. The maximum Gasteiger partial charge on any atom is 0.433 e. The van der Waals surface area contributed by atoms with Crippen molar-refractivity contribution in [1.82, 2.24) is 9.80 Å². The van der Waals surface area contributed by atoms with Gasteiger partial charge in [-0.25, -0.2) is 0 Å². The Morgan fingerprint density at radius 1 is 1.03 bits per heavy atom. The molecule has 1 aromatic heterocycles. The Balaban J connectivity index is 1.29. The zero-order valence-corrected chi connectivity index (χ0v) is 17.3. The van der Waals surface area contributed by atoms with Gasteiger partial charge in [-0.1, -0.05) is 29.3 Å². The fraction of sp³-hybridized carbons (Fsp3) is 0.368. The third kappa shape index (κ3) is 3.82. The van der Waals surface area contributed by atoms with Crippen LogP contribution in [0.25, 0.3) is 0 Å². The van der Waals surface area contributed by atoms with Gasteiger partial charge in [0.05, 0.1) is 27.7 Å². The van der Waals surface area contributed by atoms with Crippen molar-refractivity contribution in [3.63, 3.8) is 0 Å². The molecule has 2 saturated heterocycles. The van der Waals surface area contributed by atoms with Gasteiger partial charge in [0.15, 0.2) is 5.76 Å². The average molecular weight is 453 g/mol. The van der Waals surface area contributed by atoms with Gasteiger partial charge in [-0.05, 0) is 18.2 Å². The molecule has 0 bridgehead atoms. The monoisotopic (exact) mass is 452 g/mol. The molecule has 0 radical (unpaired) electrons. The number of carbonyl (C=O) groups is 2. The van der Waals surface area contributed by atoms with Crippen LogP contribution in [0.3, 0.4) is 0 Å². The smallest absolute Gasteiger partial charge is 0.395 e. The van der Waals surface area contributed by atoms with Gasteiger partial charge in [-0.15, -0.1) is 0 Å². The van der Waals surface area contributed by atoms with E-state index in [9.17, 15) is 19.7 Å². The highest BCUT2D eigenvalue weighted by Crippen LogP contribution is 2.33. The van der Waals surface area contributed by atoms with Crippen molar-refractivity contribution in [2.75, 3.05) is 44.2 Å². The first-order chi connectivity index (χ1) is 14.3. The number of hydrogen-bond donors (Lipinski definition) is 0. The summed E-state index contributed by atoms with van der Waals surface area (Å²) in [4.78, 5) is 40.4. The van der Waals surface area contributed by atoms with Crippen LogP contribution in [0.1, 0.15) is 10.6 Å². The fourth-order valence-electron chi connectivity index (χ4n) is 3.66. The quantitative estimate of drug-likeness (QED) is 0.522. The number of anilines is 1. The van der Waals surface area contributed by atoms with Crippen molar-refractivity contribution in [3.05, 3.63) is 56.3 Å². The molecule has 30 heavy (non-hydrogen) atoms. The number of nitro groups is 1. The van der Waals surface area contributed by atoms with E-state index in [4.69, 9.17) is 27.6 Å². The van der Waals surface area contributed by atoms with Crippen LogP contribution >= 0.6 is 23.2 Å².